The maximum absolute atomic E-state index is 12.5. The van der Waals surface area contributed by atoms with Gasteiger partial charge in [-0.3, -0.25) is 9.48 Å². The molecule has 116 valence electrons. The van der Waals surface area contributed by atoms with Crippen molar-refractivity contribution < 1.29 is 9.53 Å². The van der Waals surface area contributed by atoms with Crippen molar-refractivity contribution in [1.29, 1.82) is 0 Å². The fourth-order valence-electron chi connectivity index (χ4n) is 2.45. The van der Waals surface area contributed by atoms with E-state index in [2.05, 4.69) is 5.10 Å². The Kier molecular flexibility index (Phi) is 4.19. The van der Waals surface area contributed by atoms with E-state index in [-0.39, 0.29) is 12.3 Å². The molecule has 0 amide bonds. The van der Waals surface area contributed by atoms with Crippen molar-refractivity contribution >= 4 is 16.9 Å². The number of nitrogens with zero attached hydrogens (tertiary/aromatic N) is 2. The molecule has 2 aromatic carbocycles. The third-order valence-electron chi connectivity index (χ3n) is 3.51. The van der Waals surface area contributed by atoms with Crippen molar-refractivity contribution in [2.75, 3.05) is 6.61 Å². The second-order valence-electron chi connectivity index (χ2n) is 5.06. The van der Waals surface area contributed by atoms with Gasteiger partial charge in [-0.25, -0.2) is 4.79 Å². The van der Waals surface area contributed by atoms with Gasteiger partial charge in [0.1, 0.15) is 0 Å². The predicted molar refractivity (Wildman–Crippen MR) is 87.5 cm³/mol. The number of hydrogen-bond donors (Lipinski definition) is 0. The zero-order valence-corrected chi connectivity index (χ0v) is 12.7. The summed E-state index contributed by atoms with van der Waals surface area (Å²) in [6, 6.07) is 16.9. The highest BCUT2D eigenvalue weighted by atomic mass is 16.5. The number of carbonyl (C=O) groups excluding carboxylic acids is 1. The minimum absolute atomic E-state index is 0.179. The van der Waals surface area contributed by atoms with E-state index < -0.39 is 11.4 Å². The van der Waals surface area contributed by atoms with Crippen molar-refractivity contribution in [1.82, 2.24) is 9.78 Å². The van der Waals surface area contributed by atoms with Crippen molar-refractivity contribution in [3.8, 4) is 0 Å². The van der Waals surface area contributed by atoms with Crippen molar-refractivity contribution in [2.45, 2.75) is 13.5 Å². The van der Waals surface area contributed by atoms with Gasteiger partial charge in [-0.15, -0.1) is 0 Å². The molecule has 0 spiro atoms. The summed E-state index contributed by atoms with van der Waals surface area (Å²) < 4.78 is 6.61. The molecule has 0 aliphatic carbocycles. The molecule has 23 heavy (non-hydrogen) atoms. The third-order valence-corrected chi connectivity index (χ3v) is 3.51. The lowest BCUT2D eigenvalue weighted by Gasteiger charge is -2.11. The molecule has 3 aromatic rings. The zero-order chi connectivity index (χ0) is 16.2. The Morgan fingerprint density at radius 3 is 2.52 bits per heavy atom. The summed E-state index contributed by atoms with van der Waals surface area (Å²) in [5.41, 5.74) is 1.14. The second kappa shape index (κ2) is 6.44. The maximum Gasteiger partial charge on any atom is 0.362 e. The van der Waals surface area contributed by atoms with Crippen LogP contribution in [0.15, 0.2) is 59.4 Å². The van der Waals surface area contributed by atoms with E-state index in [1.807, 2.05) is 42.5 Å². The first-order chi connectivity index (χ1) is 11.2. The lowest BCUT2D eigenvalue weighted by atomic mass is 10.2. The van der Waals surface area contributed by atoms with E-state index in [4.69, 9.17) is 4.74 Å². The standard InChI is InChI=1S/C18H16N2O3/c1-2-23-18(22)16-17(21)14-10-6-7-11-15(14)20(19-16)12-13-8-4-3-5-9-13/h3-11H,2,12H2,1H3. The van der Waals surface area contributed by atoms with E-state index in [9.17, 15) is 9.59 Å². The van der Waals surface area contributed by atoms with Crippen LogP contribution in [0.1, 0.15) is 23.0 Å². The first kappa shape index (κ1) is 15.0. The number of esters is 1. The molecule has 5 nitrogen and oxygen atoms in total. The van der Waals surface area contributed by atoms with Crippen molar-refractivity contribution in [2.24, 2.45) is 0 Å². The Morgan fingerprint density at radius 1 is 1.09 bits per heavy atom. The van der Waals surface area contributed by atoms with E-state index in [1.54, 1.807) is 23.7 Å². The number of rotatable bonds is 4. The van der Waals surface area contributed by atoms with Crippen LogP contribution < -0.4 is 5.43 Å². The fourth-order valence-corrected chi connectivity index (χ4v) is 2.45. The van der Waals surface area contributed by atoms with Crippen LogP contribution >= 0.6 is 0 Å². The van der Waals surface area contributed by atoms with Gasteiger partial charge >= 0.3 is 5.97 Å². The summed E-state index contributed by atoms with van der Waals surface area (Å²) >= 11 is 0. The van der Waals surface area contributed by atoms with Gasteiger partial charge in [0.2, 0.25) is 11.1 Å². The number of fused-ring (bicyclic) bond motifs is 1. The average molecular weight is 308 g/mol. The largest absolute Gasteiger partial charge is 0.461 e. The average Bonchev–Trinajstić information content (AvgIpc) is 2.58. The first-order valence-corrected chi connectivity index (χ1v) is 7.41. The Hall–Kier alpha value is -2.95. The smallest absolute Gasteiger partial charge is 0.362 e. The van der Waals surface area contributed by atoms with Crippen LogP contribution in [-0.2, 0) is 11.3 Å². The summed E-state index contributed by atoms with van der Waals surface area (Å²) in [4.78, 5) is 24.5. The molecule has 5 heteroatoms. The van der Waals surface area contributed by atoms with Gasteiger partial charge in [0, 0.05) is 5.39 Å². The summed E-state index contributed by atoms with van der Waals surface area (Å²) in [6.45, 7) is 2.36. The molecule has 0 radical (unpaired) electrons. The number of benzene rings is 2. The van der Waals surface area contributed by atoms with Gasteiger partial charge in [-0.05, 0) is 24.6 Å². The number of carbonyl (C=O) groups is 1. The number of hydrogen-bond acceptors (Lipinski definition) is 4. The Balaban J connectivity index is 2.17. The molecule has 1 aromatic heterocycles. The van der Waals surface area contributed by atoms with Crippen LogP contribution in [0, 0.1) is 0 Å². The van der Waals surface area contributed by atoms with Crippen LogP contribution in [0.5, 0.6) is 0 Å². The van der Waals surface area contributed by atoms with Crippen LogP contribution in [0.25, 0.3) is 10.9 Å². The molecule has 0 aliphatic heterocycles. The summed E-state index contributed by atoms with van der Waals surface area (Å²) in [5.74, 6) is -0.690. The quantitative estimate of drug-likeness (QED) is 0.695. The van der Waals surface area contributed by atoms with Gasteiger partial charge in [-0.1, -0.05) is 42.5 Å². The number of para-hydroxylation sites is 1. The van der Waals surface area contributed by atoms with Gasteiger partial charge in [0.05, 0.1) is 18.7 Å². The molecule has 0 saturated heterocycles. The van der Waals surface area contributed by atoms with E-state index in [0.29, 0.717) is 17.4 Å². The second-order valence-corrected chi connectivity index (χ2v) is 5.06. The lowest BCUT2D eigenvalue weighted by molar-refractivity contribution is 0.0515. The lowest BCUT2D eigenvalue weighted by Crippen LogP contribution is -2.24. The Bertz CT molecular complexity index is 901. The van der Waals surface area contributed by atoms with E-state index >= 15 is 0 Å². The molecule has 0 aliphatic rings. The molecule has 0 unspecified atom stereocenters. The normalized spacial score (nSPS) is 10.7. The van der Waals surface area contributed by atoms with Crippen LogP contribution in [-0.4, -0.2) is 22.4 Å². The molecular weight excluding hydrogens is 292 g/mol. The van der Waals surface area contributed by atoms with Crippen molar-refractivity contribution in [3.63, 3.8) is 0 Å². The van der Waals surface area contributed by atoms with Crippen LogP contribution in [0.3, 0.4) is 0 Å². The van der Waals surface area contributed by atoms with Gasteiger partial charge in [0.25, 0.3) is 0 Å². The fraction of sp³-hybridized carbons (Fsp3) is 0.167. The minimum Gasteiger partial charge on any atom is -0.461 e. The van der Waals surface area contributed by atoms with Crippen LogP contribution in [0.4, 0.5) is 0 Å². The molecule has 0 fully saturated rings. The highest BCUT2D eigenvalue weighted by Gasteiger charge is 2.18. The SMILES string of the molecule is CCOC(=O)c1nn(Cc2ccccc2)c2ccccc2c1=O. The topological polar surface area (TPSA) is 61.2 Å². The van der Waals surface area contributed by atoms with E-state index in [0.717, 1.165) is 5.56 Å². The Morgan fingerprint density at radius 2 is 1.78 bits per heavy atom. The molecule has 3 rings (SSSR count). The minimum atomic E-state index is -0.690. The van der Waals surface area contributed by atoms with Gasteiger partial charge < -0.3 is 4.74 Å². The summed E-state index contributed by atoms with van der Waals surface area (Å²) in [6.07, 6.45) is 0. The van der Waals surface area contributed by atoms with Gasteiger partial charge in [0.15, 0.2) is 0 Å². The highest BCUT2D eigenvalue weighted by molar-refractivity contribution is 5.91. The maximum atomic E-state index is 12.5. The van der Waals surface area contributed by atoms with Crippen molar-refractivity contribution in [3.05, 3.63) is 76.1 Å². The van der Waals surface area contributed by atoms with E-state index in [1.165, 1.54) is 0 Å². The number of ether oxygens (including phenoxy) is 1. The summed E-state index contributed by atoms with van der Waals surface area (Å²) in [5, 5.41) is 4.70. The molecule has 1 heterocycles. The molecule has 0 atom stereocenters. The third kappa shape index (κ3) is 2.99. The van der Waals surface area contributed by atoms with Gasteiger partial charge in [-0.2, -0.15) is 5.10 Å². The van der Waals surface area contributed by atoms with Crippen LogP contribution in [0.2, 0.25) is 0 Å². The summed E-state index contributed by atoms with van der Waals surface area (Å²) in [7, 11) is 0. The number of aromatic nitrogens is 2. The molecule has 0 N–H and O–H groups in total. The zero-order valence-electron chi connectivity index (χ0n) is 12.7. The molecule has 0 saturated carbocycles. The molecular formula is C18H16N2O3. The first-order valence-electron chi connectivity index (χ1n) is 7.41. The molecule has 0 bridgehead atoms. The predicted octanol–water partition coefficient (Wildman–Crippen LogP) is 2.62. The highest BCUT2D eigenvalue weighted by Crippen LogP contribution is 2.12. The monoisotopic (exact) mass is 308 g/mol. The Labute approximate surface area is 133 Å².